The first-order valence-corrected chi connectivity index (χ1v) is 11.5. The predicted molar refractivity (Wildman–Crippen MR) is 136 cm³/mol. The monoisotopic (exact) mass is 474 g/mol. The molecule has 0 saturated carbocycles. The van der Waals surface area contributed by atoms with Gasteiger partial charge in [-0.3, -0.25) is 19.5 Å². The highest BCUT2D eigenvalue weighted by molar-refractivity contribution is 7.80. The highest BCUT2D eigenvalue weighted by Gasteiger charge is 2.44. The molecule has 1 aliphatic heterocycles. The van der Waals surface area contributed by atoms with E-state index in [9.17, 15) is 9.59 Å². The second kappa shape index (κ2) is 10.4. The topological polar surface area (TPSA) is 74.8 Å². The number of nitrogens with zero attached hydrogens (tertiary/aromatic N) is 3. The average molecular weight is 475 g/mol. The summed E-state index contributed by atoms with van der Waals surface area (Å²) in [6, 6.07) is 19.6. The maximum Gasteiger partial charge on any atom is 0.256 e. The van der Waals surface area contributed by atoms with Crippen molar-refractivity contribution in [2.75, 3.05) is 16.8 Å². The largest absolute Gasteiger partial charge is 0.494 e. The molecule has 2 aromatic carbocycles. The van der Waals surface area contributed by atoms with Gasteiger partial charge in [-0.05, 0) is 74.6 Å². The molecule has 0 radical (unpaired) electrons. The second-order valence-electron chi connectivity index (χ2n) is 7.97. The van der Waals surface area contributed by atoms with Gasteiger partial charge in [0.25, 0.3) is 5.91 Å². The molecule has 4 rings (SSSR count). The van der Waals surface area contributed by atoms with E-state index in [1.54, 1.807) is 35.4 Å². The molecule has 2 heterocycles. The normalized spacial score (nSPS) is 15.5. The number of carbonyl (C=O) groups is 2. The van der Waals surface area contributed by atoms with Crippen molar-refractivity contribution in [3.8, 4) is 5.75 Å². The molecule has 1 fully saturated rings. The van der Waals surface area contributed by atoms with Gasteiger partial charge in [-0.1, -0.05) is 23.8 Å². The number of benzene rings is 2. The van der Waals surface area contributed by atoms with Gasteiger partial charge < -0.3 is 15.0 Å². The van der Waals surface area contributed by atoms with E-state index in [0.717, 1.165) is 17.0 Å². The molecular formula is C26H26N4O3S. The van der Waals surface area contributed by atoms with Crippen molar-refractivity contribution in [3.63, 3.8) is 0 Å². The molecule has 1 aliphatic rings. The van der Waals surface area contributed by atoms with E-state index in [-0.39, 0.29) is 18.2 Å². The van der Waals surface area contributed by atoms with E-state index in [1.807, 2.05) is 56.3 Å². The van der Waals surface area contributed by atoms with Gasteiger partial charge in [-0.2, -0.15) is 0 Å². The van der Waals surface area contributed by atoms with Crippen molar-refractivity contribution < 1.29 is 14.3 Å². The highest BCUT2D eigenvalue weighted by atomic mass is 32.1. The molecule has 0 aliphatic carbocycles. The first-order chi connectivity index (χ1) is 16.5. The Morgan fingerprint density at radius 2 is 1.82 bits per heavy atom. The Kier molecular flexibility index (Phi) is 7.18. The minimum atomic E-state index is -0.737. The van der Waals surface area contributed by atoms with Gasteiger partial charge in [0.2, 0.25) is 5.91 Å². The Morgan fingerprint density at radius 1 is 1.09 bits per heavy atom. The Labute approximate surface area is 204 Å². The second-order valence-corrected chi connectivity index (χ2v) is 8.33. The third-order valence-corrected chi connectivity index (χ3v) is 5.91. The maximum absolute atomic E-state index is 13.5. The summed E-state index contributed by atoms with van der Waals surface area (Å²) >= 11 is 5.71. The molecule has 34 heavy (non-hydrogen) atoms. The number of carbonyl (C=O) groups excluding carboxylic acids is 2. The zero-order chi connectivity index (χ0) is 24.1. The quantitative estimate of drug-likeness (QED) is 0.490. The molecule has 1 aromatic heterocycles. The van der Waals surface area contributed by atoms with E-state index in [4.69, 9.17) is 17.0 Å². The third-order valence-electron chi connectivity index (χ3n) is 5.50. The first kappa shape index (κ1) is 23.4. The van der Waals surface area contributed by atoms with Crippen LogP contribution >= 0.6 is 12.2 Å². The summed E-state index contributed by atoms with van der Waals surface area (Å²) in [5.41, 5.74) is 3.16. The molecule has 3 aromatic rings. The Bertz CT molecular complexity index is 1170. The molecular weight excluding hydrogens is 448 g/mol. The van der Waals surface area contributed by atoms with Gasteiger partial charge in [0.1, 0.15) is 11.8 Å². The van der Waals surface area contributed by atoms with Gasteiger partial charge in [-0.15, -0.1) is 0 Å². The SMILES string of the molecule is CCOc1ccc(NC(=O)CC2C(=O)N(c3ccc(C)cc3)C(=S)N2Cc2ccccn2)cc1. The summed E-state index contributed by atoms with van der Waals surface area (Å²) in [5, 5.41) is 3.23. The van der Waals surface area contributed by atoms with Crippen molar-refractivity contribution >= 4 is 40.5 Å². The third kappa shape index (κ3) is 5.23. The lowest BCUT2D eigenvalue weighted by Crippen LogP contribution is -2.37. The zero-order valence-corrected chi connectivity index (χ0v) is 19.9. The molecule has 1 atom stereocenters. The highest BCUT2D eigenvalue weighted by Crippen LogP contribution is 2.29. The number of rotatable bonds is 8. The molecule has 1 unspecified atom stereocenters. The Morgan fingerprint density at radius 3 is 2.47 bits per heavy atom. The van der Waals surface area contributed by atoms with Crippen molar-refractivity contribution in [3.05, 3.63) is 84.2 Å². The Balaban J connectivity index is 1.55. The number of anilines is 2. The fourth-order valence-corrected chi connectivity index (χ4v) is 4.19. The number of thiocarbonyl (C=S) groups is 1. The molecule has 0 bridgehead atoms. The number of aryl methyl sites for hydroxylation is 1. The van der Waals surface area contributed by atoms with Crippen LogP contribution in [0.2, 0.25) is 0 Å². The van der Waals surface area contributed by atoms with Crippen LogP contribution in [0.1, 0.15) is 24.6 Å². The van der Waals surface area contributed by atoms with Crippen molar-refractivity contribution in [2.45, 2.75) is 32.9 Å². The summed E-state index contributed by atoms with van der Waals surface area (Å²) in [6.07, 6.45) is 1.66. The summed E-state index contributed by atoms with van der Waals surface area (Å²) < 4.78 is 5.44. The van der Waals surface area contributed by atoms with Crippen LogP contribution in [0, 0.1) is 6.92 Å². The standard InChI is InChI=1S/C26H26N4O3S/c1-3-33-22-13-9-19(10-14-22)28-24(31)16-23-25(32)30(21-11-7-18(2)8-12-21)26(34)29(23)17-20-6-4-5-15-27-20/h4-15,23H,3,16-17H2,1-2H3,(H,28,31). The van der Waals surface area contributed by atoms with Crippen LogP contribution in [-0.2, 0) is 16.1 Å². The van der Waals surface area contributed by atoms with E-state index in [1.165, 1.54) is 4.90 Å². The predicted octanol–water partition coefficient (Wildman–Crippen LogP) is 4.32. The molecule has 1 saturated heterocycles. The average Bonchev–Trinajstić information content (AvgIpc) is 3.06. The fourth-order valence-electron chi connectivity index (χ4n) is 3.80. The van der Waals surface area contributed by atoms with E-state index >= 15 is 0 Å². The van der Waals surface area contributed by atoms with Crippen molar-refractivity contribution in [1.29, 1.82) is 0 Å². The molecule has 174 valence electrons. The van der Waals surface area contributed by atoms with Crippen LogP contribution < -0.4 is 15.0 Å². The lowest BCUT2D eigenvalue weighted by atomic mass is 10.1. The lowest BCUT2D eigenvalue weighted by molar-refractivity contribution is -0.124. The zero-order valence-electron chi connectivity index (χ0n) is 19.1. The van der Waals surface area contributed by atoms with Gasteiger partial charge in [0, 0.05) is 11.9 Å². The number of ether oxygens (including phenoxy) is 1. The molecule has 8 heteroatoms. The number of nitrogens with one attached hydrogen (secondary N) is 1. The first-order valence-electron chi connectivity index (χ1n) is 11.1. The molecule has 7 nitrogen and oxygen atoms in total. The van der Waals surface area contributed by atoms with Crippen molar-refractivity contribution in [1.82, 2.24) is 9.88 Å². The maximum atomic E-state index is 13.5. The van der Waals surface area contributed by atoms with Gasteiger partial charge in [0.05, 0.1) is 31.0 Å². The summed E-state index contributed by atoms with van der Waals surface area (Å²) in [4.78, 5) is 34.1. The van der Waals surface area contributed by atoms with Gasteiger partial charge in [0.15, 0.2) is 5.11 Å². The van der Waals surface area contributed by atoms with Crippen molar-refractivity contribution in [2.24, 2.45) is 0 Å². The van der Waals surface area contributed by atoms with Crippen LogP contribution in [0.15, 0.2) is 72.9 Å². The van der Waals surface area contributed by atoms with Gasteiger partial charge >= 0.3 is 0 Å². The van der Waals surface area contributed by atoms with Crippen LogP contribution in [0.5, 0.6) is 5.75 Å². The number of aromatic nitrogens is 1. The lowest BCUT2D eigenvalue weighted by Gasteiger charge is -2.23. The minimum Gasteiger partial charge on any atom is -0.494 e. The summed E-state index contributed by atoms with van der Waals surface area (Å²) in [6.45, 7) is 4.79. The molecule has 0 spiro atoms. The minimum absolute atomic E-state index is 0.0403. The smallest absolute Gasteiger partial charge is 0.256 e. The molecule has 1 N–H and O–H groups in total. The fraction of sp³-hybridized carbons (Fsp3) is 0.231. The van der Waals surface area contributed by atoms with E-state index < -0.39 is 6.04 Å². The molecule has 2 amide bonds. The van der Waals surface area contributed by atoms with Gasteiger partial charge in [-0.25, -0.2) is 0 Å². The summed E-state index contributed by atoms with van der Waals surface area (Å²) in [5.74, 6) is 0.223. The summed E-state index contributed by atoms with van der Waals surface area (Å²) in [7, 11) is 0. The number of pyridine rings is 1. The Hall–Kier alpha value is -3.78. The number of amides is 2. The van der Waals surface area contributed by atoms with E-state index in [0.29, 0.717) is 29.6 Å². The number of hydrogen-bond acceptors (Lipinski definition) is 5. The van der Waals surface area contributed by atoms with Crippen LogP contribution in [0.3, 0.4) is 0 Å². The van der Waals surface area contributed by atoms with Crippen LogP contribution in [0.25, 0.3) is 0 Å². The van der Waals surface area contributed by atoms with Crippen LogP contribution in [-0.4, -0.2) is 39.5 Å². The van der Waals surface area contributed by atoms with E-state index in [2.05, 4.69) is 10.3 Å². The van der Waals surface area contributed by atoms with Crippen LogP contribution in [0.4, 0.5) is 11.4 Å². The number of hydrogen-bond donors (Lipinski definition) is 1.